The van der Waals surface area contributed by atoms with Gasteiger partial charge in [0.05, 0.1) is 18.0 Å². The number of para-hydroxylation sites is 2. The topological polar surface area (TPSA) is 57.7 Å². The lowest BCUT2D eigenvalue weighted by Gasteiger charge is -2.43. The quantitative estimate of drug-likeness (QED) is 0.618. The van der Waals surface area contributed by atoms with Crippen molar-refractivity contribution < 1.29 is 13.2 Å². The minimum Gasteiger partial charge on any atom is -0.305 e. The minimum absolute atomic E-state index is 0.0837. The smallest absolute Gasteiger partial charge is 0.258 e. The molecule has 5 nitrogen and oxygen atoms in total. The molecule has 1 heterocycles. The van der Waals surface area contributed by atoms with E-state index >= 15 is 0 Å². The first kappa shape index (κ1) is 20.2. The predicted octanol–water partition coefficient (Wildman–Crippen LogP) is 4.63. The van der Waals surface area contributed by atoms with Gasteiger partial charge in [0.1, 0.15) is 0 Å². The van der Waals surface area contributed by atoms with E-state index in [1.165, 1.54) is 10.6 Å². The second kappa shape index (κ2) is 7.95. The van der Waals surface area contributed by atoms with Crippen LogP contribution in [0.4, 0.5) is 11.4 Å². The number of rotatable bonds is 4. The van der Waals surface area contributed by atoms with Crippen molar-refractivity contribution in [3.63, 3.8) is 0 Å². The number of amides is 1. The molecule has 6 heteroatoms. The lowest BCUT2D eigenvalue weighted by atomic mass is 9.90. The van der Waals surface area contributed by atoms with E-state index in [1.807, 2.05) is 67.6 Å². The van der Waals surface area contributed by atoms with Gasteiger partial charge in [-0.25, -0.2) is 8.42 Å². The fourth-order valence-electron chi connectivity index (χ4n) is 4.21. The van der Waals surface area contributed by atoms with E-state index < -0.39 is 16.1 Å². The second-order valence-corrected chi connectivity index (χ2v) is 9.45. The van der Waals surface area contributed by atoms with Crippen LogP contribution in [0.3, 0.4) is 0 Å². The SMILES string of the molecule is C[C@@H]1C[C@@H](N(c2ccccc2)S(C)(=O)=O)c2ccccc2N1C(=O)c1ccccc1. The maximum Gasteiger partial charge on any atom is 0.258 e. The van der Waals surface area contributed by atoms with E-state index in [9.17, 15) is 13.2 Å². The monoisotopic (exact) mass is 420 g/mol. The van der Waals surface area contributed by atoms with Gasteiger partial charge in [-0.15, -0.1) is 0 Å². The molecule has 0 radical (unpaired) electrons. The molecule has 0 saturated carbocycles. The van der Waals surface area contributed by atoms with Crippen molar-refractivity contribution in [1.29, 1.82) is 0 Å². The van der Waals surface area contributed by atoms with Crippen molar-refractivity contribution in [1.82, 2.24) is 0 Å². The standard InChI is InChI=1S/C24H24N2O3S/c1-18-17-23(26(30(2,28)29)20-13-7-4-8-14-20)21-15-9-10-16-22(21)25(18)24(27)19-11-5-3-6-12-19/h3-16,18,23H,17H2,1-2H3/t18-,23-/m1/s1. The highest BCUT2D eigenvalue weighted by atomic mass is 32.2. The minimum atomic E-state index is -3.54. The highest BCUT2D eigenvalue weighted by molar-refractivity contribution is 7.92. The Balaban J connectivity index is 1.83. The second-order valence-electron chi connectivity index (χ2n) is 7.59. The average molecular weight is 421 g/mol. The van der Waals surface area contributed by atoms with Crippen LogP contribution in [0, 0.1) is 0 Å². The molecule has 30 heavy (non-hydrogen) atoms. The van der Waals surface area contributed by atoms with Crippen LogP contribution in [0.25, 0.3) is 0 Å². The molecule has 1 amide bonds. The third kappa shape index (κ3) is 3.71. The first-order chi connectivity index (χ1) is 14.4. The Morgan fingerprint density at radius 1 is 0.900 bits per heavy atom. The van der Waals surface area contributed by atoms with E-state index in [0.29, 0.717) is 17.7 Å². The molecule has 0 bridgehead atoms. The number of fused-ring (bicyclic) bond motifs is 1. The van der Waals surface area contributed by atoms with Crippen LogP contribution in [0.5, 0.6) is 0 Å². The lowest BCUT2D eigenvalue weighted by molar-refractivity contribution is 0.0974. The summed E-state index contributed by atoms with van der Waals surface area (Å²) in [7, 11) is -3.54. The van der Waals surface area contributed by atoms with E-state index in [2.05, 4.69) is 0 Å². The third-order valence-electron chi connectivity index (χ3n) is 5.45. The molecule has 0 N–H and O–H groups in total. The summed E-state index contributed by atoms with van der Waals surface area (Å²) in [6.45, 7) is 1.97. The molecule has 1 aliphatic rings. The van der Waals surface area contributed by atoms with Gasteiger partial charge in [-0.1, -0.05) is 54.6 Å². The number of anilines is 2. The number of hydrogen-bond donors (Lipinski definition) is 0. The van der Waals surface area contributed by atoms with Gasteiger partial charge < -0.3 is 4.90 Å². The summed E-state index contributed by atoms with van der Waals surface area (Å²) >= 11 is 0. The molecule has 0 aromatic heterocycles. The summed E-state index contributed by atoms with van der Waals surface area (Å²) in [6, 6.07) is 25.3. The van der Waals surface area contributed by atoms with Crippen LogP contribution >= 0.6 is 0 Å². The van der Waals surface area contributed by atoms with E-state index in [4.69, 9.17) is 0 Å². The van der Waals surface area contributed by atoms with Gasteiger partial charge in [0.2, 0.25) is 10.0 Å². The molecule has 4 rings (SSSR count). The summed E-state index contributed by atoms with van der Waals surface area (Å²) < 4.78 is 27.1. The number of benzene rings is 3. The average Bonchev–Trinajstić information content (AvgIpc) is 2.74. The molecule has 1 aliphatic heterocycles. The molecule has 3 aromatic carbocycles. The largest absolute Gasteiger partial charge is 0.305 e. The van der Waals surface area contributed by atoms with E-state index in [0.717, 1.165) is 11.3 Å². The molecule has 0 unspecified atom stereocenters. The van der Waals surface area contributed by atoms with Crippen molar-refractivity contribution in [3.05, 3.63) is 96.1 Å². The molecule has 0 aliphatic carbocycles. The molecular weight excluding hydrogens is 396 g/mol. The Kier molecular flexibility index (Phi) is 5.35. The Labute approximate surface area is 177 Å². The van der Waals surface area contributed by atoms with Crippen LogP contribution in [-0.2, 0) is 10.0 Å². The van der Waals surface area contributed by atoms with E-state index in [1.54, 1.807) is 29.2 Å². The van der Waals surface area contributed by atoms with Gasteiger partial charge in [0.25, 0.3) is 5.91 Å². The van der Waals surface area contributed by atoms with Crippen molar-refractivity contribution >= 4 is 27.3 Å². The Morgan fingerprint density at radius 2 is 1.47 bits per heavy atom. The molecule has 2 atom stereocenters. The van der Waals surface area contributed by atoms with Gasteiger partial charge in [-0.2, -0.15) is 0 Å². The number of sulfonamides is 1. The summed E-state index contributed by atoms with van der Waals surface area (Å²) in [5.74, 6) is -0.0837. The number of hydrogen-bond acceptors (Lipinski definition) is 3. The van der Waals surface area contributed by atoms with Crippen molar-refractivity contribution in [2.24, 2.45) is 0 Å². The van der Waals surface area contributed by atoms with Crippen LogP contribution in [-0.4, -0.2) is 26.6 Å². The Hall–Kier alpha value is -3.12. The number of carbonyl (C=O) groups is 1. The van der Waals surface area contributed by atoms with Gasteiger partial charge in [0.15, 0.2) is 0 Å². The maximum atomic E-state index is 13.3. The highest BCUT2D eigenvalue weighted by Gasteiger charge is 2.39. The summed E-state index contributed by atoms with van der Waals surface area (Å²) in [6.07, 6.45) is 1.73. The van der Waals surface area contributed by atoms with Gasteiger partial charge in [-0.3, -0.25) is 9.10 Å². The first-order valence-electron chi connectivity index (χ1n) is 9.90. The fourth-order valence-corrected chi connectivity index (χ4v) is 5.38. The fraction of sp³-hybridized carbons (Fsp3) is 0.208. The molecule has 0 fully saturated rings. The predicted molar refractivity (Wildman–Crippen MR) is 120 cm³/mol. The summed E-state index contributed by atoms with van der Waals surface area (Å²) in [4.78, 5) is 15.1. The molecule has 3 aromatic rings. The number of nitrogens with zero attached hydrogens (tertiary/aromatic N) is 2. The summed E-state index contributed by atoms with van der Waals surface area (Å²) in [5, 5.41) is 0. The van der Waals surface area contributed by atoms with Gasteiger partial charge in [-0.05, 0) is 49.2 Å². The Morgan fingerprint density at radius 3 is 2.10 bits per heavy atom. The molecule has 0 saturated heterocycles. The summed E-state index contributed by atoms with van der Waals surface area (Å²) in [5.41, 5.74) is 2.81. The van der Waals surface area contributed by atoms with Gasteiger partial charge in [0, 0.05) is 17.3 Å². The first-order valence-corrected chi connectivity index (χ1v) is 11.7. The van der Waals surface area contributed by atoms with Crippen LogP contribution in [0.15, 0.2) is 84.9 Å². The zero-order chi connectivity index (χ0) is 21.3. The third-order valence-corrected chi connectivity index (χ3v) is 6.63. The van der Waals surface area contributed by atoms with Crippen LogP contribution in [0.1, 0.15) is 35.3 Å². The number of carbonyl (C=O) groups excluding carboxylic acids is 1. The zero-order valence-corrected chi connectivity index (χ0v) is 17.8. The lowest BCUT2D eigenvalue weighted by Crippen LogP contribution is -2.47. The van der Waals surface area contributed by atoms with Crippen molar-refractivity contribution in [3.8, 4) is 0 Å². The maximum absolute atomic E-state index is 13.3. The van der Waals surface area contributed by atoms with Crippen molar-refractivity contribution in [2.45, 2.75) is 25.4 Å². The molecular formula is C24H24N2O3S. The zero-order valence-electron chi connectivity index (χ0n) is 17.0. The molecule has 154 valence electrons. The van der Waals surface area contributed by atoms with Crippen LogP contribution < -0.4 is 9.21 Å². The van der Waals surface area contributed by atoms with Crippen molar-refractivity contribution in [2.75, 3.05) is 15.5 Å². The molecule has 0 spiro atoms. The Bertz CT molecular complexity index is 1150. The van der Waals surface area contributed by atoms with Gasteiger partial charge >= 0.3 is 0 Å². The van der Waals surface area contributed by atoms with Crippen LogP contribution in [0.2, 0.25) is 0 Å². The highest BCUT2D eigenvalue weighted by Crippen LogP contribution is 2.43. The normalized spacial score (nSPS) is 18.5. The van der Waals surface area contributed by atoms with E-state index in [-0.39, 0.29) is 11.9 Å².